The molecule has 3 heterocycles. The first-order valence-corrected chi connectivity index (χ1v) is 9.32. The van der Waals surface area contributed by atoms with Gasteiger partial charge in [0.05, 0.1) is 23.1 Å². The van der Waals surface area contributed by atoms with Gasteiger partial charge in [0.2, 0.25) is 0 Å². The molecule has 1 aromatic carbocycles. The number of ether oxygens (including phenoxy) is 1. The van der Waals surface area contributed by atoms with Crippen molar-refractivity contribution in [1.82, 2.24) is 14.9 Å². The lowest BCUT2D eigenvalue weighted by Gasteiger charge is -2.13. The molecule has 0 bridgehead atoms. The molecule has 3 aromatic rings. The first kappa shape index (κ1) is 18.1. The highest BCUT2D eigenvalue weighted by atomic mass is 32.1. The number of esters is 1. The number of hydrogen-bond acceptors (Lipinski definition) is 7. The molecule has 1 N–H and O–H groups in total. The molecule has 0 saturated carbocycles. The Bertz CT molecular complexity index is 1170. The summed E-state index contributed by atoms with van der Waals surface area (Å²) in [5.41, 5.74) is 0.889. The molecule has 0 spiro atoms. The number of aromatic amines is 1. The highest BCUT2D eigenvalue weighted by molar-refractivity contribution is 7.20. The van der Waals surface area contributed by atoms with Crippen molar-refractivity contribution in [3.63, 3.8) is 0 Å². The summed E-state index contributed by atoms with van der Waals surface area (Å²) in [5, 5.41) is 0.364. The Kier molecular flexibility index (Phi) is 4.31. The van der Waals surface area contributed by atoms with Gasteiger partial charge in [0, 0.05) is 0 Å². The lowest BCUT2D eigenvalue weighted by Crippen LogP contribution is -2.33. The Labute approximate surface area is 162 Å². The predicted molar refractivity (Wildman–Crippen MR) is 102 cm³/mol. The molecule has 0 fully saturated rings. The molecule has 8 nitrogen and oxygen atoms in total. The van der Waals surface area contributed by atoms with Crippen LogP contribution in [0.3, 0.4) is 0 Å². The minimum absolute atomic E-state index is 0.0417. The van der Waals surface area contributed by atoms with Crippen molar-refractivity contribution in [3.05, 3.63) is 62.0 Å². The summed E-state index contributed by atoms with van der Waals surface area (Å²) < 4.78 is 5.25. The number of imide groups is 1. The van der Waals surface area contributed by atoms with Crippen LogP contribution in [0.4, 0.5) is 0 Å². The number of H-pyrrole nitrogens is 1. The minimum Gasteiger partial charge on any atom is -0.460 e. The fourth-order valence-electron chi connectivity index (χ4n) is 3.18. The highest BCUT2D eigenvalue weighted by Gasteiger charge is 2.35. The van der Waals surface area contributed by atoms with Crippen molar-refractivity contribution in [2.45, 2.75) is 13.8 Å². The number of amides is 2. The number of fused-ring (bicyclic) bond motifs is 2. The quantitative estimate of drug-likeness (QED) is 0.533. The molecule has 0 atom stereocenters. The van der Waals surface area contributed by atoms with Crippen LogP contribution in [0, 0.1) is 13.8 Å². The molecule has 2 aromatic heterocycles. The standard InChI is InChI=1S/C19H15N3O5S/c1-9-13-15(23)20-10(2)21-16(13)28-14(9)19(26)27-8-7-22-17(24)11-5-3-4-6-12(11)18(22)25/h3-6H,7-8H2,1-2H3,(H,20,21,23). The Hall–Kier alpha value is -3.33. The van der Waals surface area contributed by atoms with Crippen LogP contribution in [0.5, 0.6) is 0 Å². The van der Waals surface area contributed by atoms with Crippen molar-refractivity contribution in [2.75, 3.05) is 13.2 Å². The van der Waals surface area contributed by atoms with Gasteiger partial charge < -0.3 is 9.72 Å². The molecule has 0 radical (unpaired) electrons. The molecule has 142 valence electrons. The van der Waals surface area contributed by atoms with Gasteiger partial charge in [-0.25, -0.2) is 9.78 Å². The number of carbonyl (C=O) groups excluding carboxylic acids is 3. The Morgan fingerprint density at radius 1 is 1.14 bits per heavy atom. The van der Waals surface area contributed by atoms with Gasteiger partial charge in [-0.15, -0.1) is 11.3 Å². The Morgan fingerprint density at radius 2 is 1.79 bits per heavy atom. The van der Waals surface area contributed by atoms with Crippen LogP contribution >= 0.6 is 11.3 Å². The van der Waals surface area contributed by atoms with Crippen molar-refractivity contribution in [1.29, 1.82) is 0 Å². The summed E-state index contributed by atoms with van der Waals surface area (Å²) in [4.78, 5) is 57.8. The van der Waals surface area contributed by atoms with E-state index in [1.165, 1.54) is 0 Å². The van der Waals surface area contributed by atoms with Crippen LogP contribution in [0.2, 0.25) is 0 Å². The van der Waals surface area contributed by atoms with E-state index in [1.54, 1.807) is 38.1 Å². The van der Waals surface area contributed by atoms with E-state index in [0.717, 1.165) is 16.2 Å². The van der Waals surface area contributed by atoms with Gasteiger partial charge in [-0.2, -0.15) is 0 Å². The third-order valence-electron chi connectivity index (χ3n) is 4.53. The number of hydrogen-bond donors (Lipinski definition) is 1. The summed E-state index contributed by atoms with van der Waals surface area (Å²) in [6.45, 7) is 3.14. The summed E-state index contributed by atoms with van der Waals surface area (Å²) in [7, 11) is 0. The van der Waals surface area contributed by atoms with Crippen molar-refractivity contribution in [2.24, 2.45) is 0 Å². The summed E-state index contributed by atoms with van der Waals surface area (Å²) >= 11 is 1.08. The van der Waals surface area contributed by atoms with Crippen LogP contribution < -0.4 is 5.56 Å². The summed E-state index contributed by atoms with van der Waals surface area (Å²) in [6.07, 6.45) is 0. The number of thiophene rings is 1. The zero-order valence-electron chi connectivity index (χ0n) is 15.1. The lowest BCUT2D eigenvalue weighted by molar-refractivity contribution is 0.0424. The van der Waals surface area contributed by atoms with Gasteiger partial charge in [-0.3, -0.25) is 19.3 Å². The number of rotatable bonds is 4. The minimum atomic E-state index is -0.617. The second kappa shape index (κ2) is 6.68. The van der Waals surface area contributed by atoms with Gasteiger partial charge in [-0.05, 0) is 31.5 Å². The fraction of sp³-hybridized carbons (Fsp3) is 0.211. The number of carbonyl (C=O) groups is 3. The topological polar surface area (TPSA) is 109 Å². The number of aromatic nitrogens is 2. The van der Waals surface area contributed by atoms with Gasteiger partial charge in [0.15, 0.2) is 0 Å². The molecule has 4 rings (SSSR count). The number of benzene rings is 1. The van der Waals surface area contributed by atoms with E-state index in [9.17, 15) is 19.2 Å². The molecule has 28 heavy (non-hydrogen) atoms. The molecule has 0 unspecified atom stereocenters. The molecule has 0 aliphatic carbocycles. The SMILES string of the molecule is Cc1nc2sc(C(=O)OCCN3C(=O)c4ccccc4C3=O)c(C)c2c(=O)[nH]1. The maximum absolute atomic E-state index is 12.4. The third-order valence-corrected chi connectivity index (χ3v) is 5.70. The van der Waals surface area contributed by atoms with E-state index >= 15 is 0 Å². The average Bonchev–Trinajstić information content (AvgIpc) is 3.11. The van der Waals surface area contributed by atoms with Crippen molar-refractivity contribution >= 4 is 39.3 Å². The van der Waals surface area contributed by atoms with Crippen LogP contribution in [-0.4, -0.2) is 45.8 Å². The summed E-state index contributed by atoms with van der Waals surface area (Å²) in [6, 6.07) is 6.56. The van der Waals surface area contributed by atoms with Gasteiger partial charge in [0.25, 0.3) is 17.4 Å². The van der Waals surface area contributed by atoms with Gasteiger partial charge in [-0.1, -0.05) is 12.1 Å². The number of nitrogens with zero attached hydrogens (tertiary/aromatic N) is 2. The maximum atomic E-state index is 12.4. The zero-order chi connectivity index (χ0) is 20.0. The van der Waals surface area contributed by atoms with Crippen molar-refractivity contribution in [3.8, 4) is 0 Å². The first-order valence-electron chi connectivity index (χ1n) is 8.51. The largest absolute Gasteiger partial charge is 0.460 e. The first-order chi connectivity index (χ1) is 13.4. The van der Waals surface area contributed by atoms with Crippen LogP contribution in [0.15, 0.2) is 29.1 Å². The second-order valence-electron chi connectivity index (χ2n) is 6.33. The van der Waals surface area contributed by atoms with E-state index in [-0.39, 0.29) is 23.6 Å². The molecule has 1 aliphatic heterocycles. The zero-order valence-corrected chi connectivity index (χ0v) is 15.9. The molecule has 2 amide bonds. The smallest absolute Gasteiger partial charge is 0.348 e. The Balaban J connectivity index is 1.48. The molecule has 0 saturated heterocycles. The predicted octanol–water partition coefficient (Wildman–Crippen LogP) is 2.05. The van der Waals surface area contributed by atoms with E-state index < -0.39 is 17.8 Å². The van der Waals surface area contributed by atoms with E-state index in [0.29, 0.717) is 32.7 Å². The molecular formula is C19H15N3O5S. The maximum Gasteiger partial charge on any atom is 0.348 e. The normalized spacial score (nSPS) is 13.3. The van der Waals surface area contributed by atoms with Crippen LogP contribution in [0.1, 0.15) is 41.8 Å². The van der Waals surface area contributed by atoms with E-state index in [1.807, 2.05) is 0 Å². The fourth-order valence-corrected chi connectivity index (χ4v) is 4.30. The Morgan fingerprint density at radius 3 is 2.43 bits per heavy atom. The van der Waals surface area contributed by atoms with E-state index in [4.69, 9.17) is 4.74 Å². The third kappa shape index (κ3) is 2.80. The van der Waals surface area contributed by atoms with Gasteiger partial charge in [0.1, 0.15) is 22.1 Å². The van der Waals surface area contributed by atoms with Crippen LogP contribution in [-0.2, 0) is 4.74 Å². The number of nitrogens with one attached hydrogen (secondary N) is 1. The lowest BCUT2D eigenvalue weighted by atomic mass is 10.1. The molecule has 1 aliphatic rings. The molecule has 9 heteroatoms. The number of aryl methyl sites for hydroxylation is 2. The average molecular weight is 397 g/mol. The molecular weight excluding hydrogens is 382 g/mol. The van der Waals surface area contributed by atoms with Crippen LogP contribution in [0.25, 0.3) is 10.2 Å². The second-order valence-corrected chi connectivity index (χ2v) is 7.33. The van der Waals surface area contributed by atoms with Gasteiger partial charge >= 0.3 is 5.97 Å². The summed E-state index contributed by atoms with van der Waals surface area (Å²) in [5.74, 6) is -0.958. The monoisotopic (exact) mass is 397 g/mol. The van der Waals surface area contributed by atoms with Crippen molar-refractivity contribution < 1.29 is 19.1 Å². The van der Waals surface area contributed by atoms with E-state index in [2.05, 4.69) is 9.97 Å². The highest BCUT2D eigenvalue weighted by Crippen LogP contribution is 2.27.